The zero-order chi connectivity index (χ0) is 13.6. The van der Waals surface area contributed by atoms with Gasteiger partial charge in [0.25, 0.3) is 0 Å². The molecule has 4 nitrogen and oxygen atoms in total. The third kappa shape index (κ3) is 2.08. The van der Waals surface area contributed by atoms with Crippen LogP contribution in [0.2, 0.25) is 0 Å². The Kier molecular flexibility index (Phi) is 2.93. The summed E-state index contributed by atoms with van der Waals surface area (Å²) in [6, 6.07) is 2.46. The van der Waals surface area contributed by atoms with Crippen molar-refractivity contribution in [3.63, 3.8) is 0 Å². The van der Waals surface area contributed by atoms with Crippen molar-refractivity contribution in [2.45, 2.75) is 19.9 Å². The van der Waals surface area contributed by atoms with Crippen LogP contribution in [0.1, 0.15) is 19.9 Å². The Hall–Kier alpha value is -1.62. The minimum atomic E-state index is 0.399. The molecule has 0 atom stereocenters. The molecule has 0 N–H and O–H groups in total. The fraction of sp³-hybridized carbons (Fsp3) is 0.286. The van der Waals surface area contributed by atoms with Gasteiger partial charge in [0.1, 0.15) is 4.60 Å². The zero-order valence-electron chi connectivity index (χ0n) is 11.1. The number of rotatable bonds is 2. The SMILES string of the molecule is CC(C)n1cc(-c2cnn(C)c2)c2cc(Br)ncc21. The number of hydrogen-bond acceptors (Lipinski definition) is 2. The van der Waals surface area contributed by atoms with Crippen molar-refractivity contribution in [1.82, 2.24) is 19.3 Å². The smallest absolute Gasteiger partial charge is 0.106 e. The molecule has 0 aromatic carbocycles. The van der Waals surface area contributed by atoms with Gasteiger partial charge < -0.3 is 4.57 Å². The van der Waals surface area contributed by atoms with E-state index in [9.17, 15) is 0 Å². The van der Waals surface area contributed by atoms with E-state index in [4.69, 9.17) is 0 Å². The van der Waals surface area contributed by atoms with Crippen LogP contribution in [0.25, 0.3) is 22.0 Å². The number of aromatic nitrogens is 4. The van der Waals surface area contributed by atoms with E-state index in [0.29, 0.717) is 6.04 Å². The second-order valence-electron chi connectivity index (χ2n) is 4.97. The molecule has 5 heteroatoms. The summed E-state index contributed by atoms with van der Waals surface area (Å²) in [5.41, 5.74) is 3.47. The third-order valence-corrected chi connectivity index (χ3v) is 3.69. The number of aryl methyl sites for hydroxylation is 1. The van der Waals surface area contributed by atoms with E-state index < -0.39 is 0 Å². The summed E-state index contributed by atoms with van der Waals surface area (Å²) < 4.78 is 4.92. The highest BCUT2D eigenvalue weighted by atomic mass is 79.9. The van der Waals surface area contributed by atoms with Crippen LogP contribution in [-0.4, -0.2) is 19.3 Å². The van der Waals surface area contributed by atoms with Gasteiger partial charge in [0.2, 0.25) is 0 Å². The predicted octanol–water partition coefficient (Wildman–Crippen LogP) is 3.78. The Bertz CT molecular complexity index is 739. The molecular formula is C14H15BrN4. The summed E-state index contributed by atoms with van der Waals surface area (Å²) in [5.74, 6) is 0. The van der Waals surface area contributed by atoms with Gasteiger partial charge in [0, 0.05) is 42.0 Å². The average molecular weight is 319 g/mol. The Labute approximate surface area is 120 Å². The number of nitrogens with zero attached hydrogens (tertiary/aromatic N) is 4. The van der Waals surface area contributed by atoms with Crippen molar-refractivity contribution in [2.75, 3.05) is 0 Å². The van der Waals surface area contributed by atoms with Crippen LogP contribution >= 0.6 is 15.9 Å². The second kappa shape index (κ2) is 4.49. The molecule has 3 heterocycles. The maximum Gasteiger partial charge on any atom is 0.106 e. The van der Waals surface area contributed by atoms with Crippen molar-refractivity contribution in [1.29, 1.82) is 0 Å². The normalized spacial score (nSPS) is 11.6. The van der Waals surface area contributed by atoms with Crippen molar-refractivity contribution in [3.05, 3.63) is 35.5 Å². The highest BCUT2D eigenvalue weighted by molar-refractivity contribution is 9.10. The van der Waals surface area contributed by atoms with Crippen molar-refractivity contribution >= 4 is 26.8 Å². The molecule has 98 valence electrons. The lowest BCUT2D eigenvalue weighted by atomic mass is 10.1. The molecule has 0 saturated heterocycles. The van der Waals surface area contributed by atoms with Gasteiger partial charge in [-0.1, -0.05) is 0 Å². The molecule has 3 rings (SSSR count). The lowest BCUT2D eigenvalue weighted by Gasteiger charge is -2.08. The van der Waals surface area contributed by atoms with Crippen molar-refractivity contribution < 1.29 is 0 Å². The van der Waals surface area contributed by atoms with E-state index >= 15 is 0 Å². The summed E-state index contributed by atoms with van der Waals surface area (Å²) in [6.45, 7) is 4.35. The molecule has 19 heavy (non-hydrogen) atoms. The Balaban J connectivity index is 2.32. The molecule has 0 aliphatic carbocycles. The van der Waals surface area contributed by atoms with E-state index in [1.807, 2.05) is 30.3 Å². The van der Waals surface area contributed by atoms with Crippen LogP contribution in [0.15, 0.2) is 35.5 Å². The van der Waals surface area contributed by atoms with E-state index in [1.165, 1.54) is 10.9 Å². The van der Waals surface area contributed by atoms with E-state index in [-0.39, 0.29) is 0 Å². The van der Waals surface area contributed by atoms with E-state index in [2.05, 4.69) is 56.7 Å². The first-order valence-electron chi connectivity index (χ1n) is 6.21. The molecule has 0 aliphatic rings. The molecule has 0 fully saturated rings. The van der Waals surface area contributed by atoms with Gasteiger partial charge in [-0.25, -0.2) is 4.98 Å². The molecule has 0 radical (unpaired) electrons. The highest BCUT2D eigenvalue weighted by Gasteiger charge is 2.14. The quantitative estimate of drug-likeness (QED) is 0.674. The molecular weight excluding hydrogens is 304 g/mol. The largest absolute Gasteiger partial charge is 0.343 e. The number of fused-ring (bicyclic) bond motifs is 1. The number of hydrogen-bond donors (Lipinski definition) is 0. The fourth-order valence-electron chi connectivity index (χ4n) is 2.34. The van der Waals surface area contributed by atoms with Gasteiger partial charge in [-0.2, -0.15) is 5.10 Å². The molecule has 0 bridgehead atoms. The van der Waals surface area contributed by atoms with Crippen molar-refractivity contribution in [3.8, 4) is 11.1 Å². The topological polar surface area (TPSA) is 35.6 Å². The van der Waals surface area contributed by atoms with Gasteiger partial charge >= 0.3 is 0 Å². The zero-order valence-corrected chi connectivity index (χ0v) is 12.7. The van der Waals surface area contributed by atoms with E-state index in [1.54, 1.807) is 0 Å². The monoisotopic (exact) mass is 318 g/mol. The molecule has 0 spiro atoms. The van der Waals surface area contributed by atoms with Crippen molar-refractivity contribution in [2.24, 2.45) is 7.05 Å². The highest BCUT2D eigenvalue weighted by Crippen LogP contribution is 2.33. The van der Waals surface area contributed by atoms with Crippen LogP contribution in [0.3, 0.4) is 0 Å². The summed E-state index contributed by atoms with van der Waals surface area (Å²) in [6.07, 6.45) is 8.03. The Morgan fingerprint density at radius 1 is 1.21 bits per heavy atom. The standard InChI is InChI=1S/C14H15BrN4/c1-9(2)19-8-12(10-5-17-18(3)7-10)11-4-14(15)16-6-13(11)19/h4-9H,1-3H3. The van der Waals surface area contributed by atoms with Gasteiger partial charge in [-0.3, -0.25) is 4.68 Å². The summed E-state index contributed by atoms with van der Waals surface area (Å²) in [7, 11) is 1.93. The van der Waals surface area contributed by atoms with Gasteiger partial charge in [0.15, 0.2) is 0 Å². The fourth-order valence-corrected chi connectivity index (χ4v) is 2.67. The minimum absolute atomic E-state index is 0.399. The first kappa shape index (κ1) is 12.4. The molecule has 0 aliphatic heterocycles. The lowest BCUT2D eigenvalue weighted by Crippen LogP contribution is -1.98. The minimum Gasteiger partial charge on any atom is -0.343 e. The third-order valence-electron chi connectivity index (χ3n) is 3.26. The molecule has 0 amide bonds. The van der Waals surface area contributed by atoms with E-state index in [0.717, 1.165) is 15.7 Å². The first-order chi connectivity index (χ1) is 9.06. The molecule has 0 saturated carbocycles. The maximum atomic E-state index is 4.34. The average Bonchev–Trinajstić information content (AvgIpc) is 2.92. The lowest BCUT2D eigenvalue weighted by molar-refractivity contribution is 0.622. The molecule has 3 aromatic rings. The number of pyridine rings is 1. The van der Waals surface area contributed by atoms with Gasteiger partial charge in [0.05, 0.1) is 17.9 Å². The van der Waals surface area contributed by atoms with Crippen LogP contribution in [-0.2, 0) is 7.05 Å². The molecule has 0 unspecified atom stereocenters. The van der Waals surface area contributed by atoms with Crippen LogP contribution in [0.5, 0.6) is 0 Å². The first-order valence-corrected chi connectivity index (χ1v) is 7.00. The summed E-state index contributed by atoms with van der Waals surface area (Å²) in [5, 5.41) is 5.45. The number of halogens is 1. The van der Waals surface area contributed by atoms with Crippen LogP contribution in [0, 0.1) is 0 Å². The predicted molar refractivity (Wildman–Crippen MR) is 80.0 cm³/mol. The summed E-state index contributed by atoms with van der Waals surface area (Å²) in [4.78, 5) is 4.34. The van der Waals surface area contributed by atoms with Gasteiger partial charge in [-0.05, 0) is 35.8 Å². The molecule has 3 aromatic heterocycles. The Morgan fingerprint density at radius 2 is 2.00 bits per heavy atom. The summed E-state index contributed by atoms with van der Waals surface area (Å²) >= 11 is 3.45. The van der Waals surface area contributed by atoms with Crippen LogP contribution in [0.4, 0.5) is 0 Å². The van der Waals surface area contributed by atoms with Gasteiger partial charge in [-0.15, -0.1) is 0 Å². The Morgan fingerprint density at radius 3 is 2.63 bits per heavy atom. The van der Waals surface area contributed by atoms with Crippen LogP contribution < -0.4 is 0 Å². The maximum absolute atomic E-state index is 4.34. The second-order valence-corrected chi connectivity index (χ2v) is 5.78.